The van der Waals surface area contributed by atoms with Gasteiger partial charge in [0.25, 0.3) is 5.91 Å². The molecule has 4 rings (SSSR count). The van der Waals surface area contributed by atoms with E-state index in [0.29, 0.717) is 19.1 Å². The van der Waals surface area contributed by atoms with Gasteiger partial charge >= 0.3 is 0 Å². The molecule has 2 aromatic heterocycles. The van der Waals surface area contributed by atoms with Gasteiger partial charge in [-0.25, -0.2) is 0 Å². The lowest BCUT2D eigenvalue weighted by Crippen LogP contribution is -2.39. The molecular formula is C24H31N5O. The summed E-state index contributed by atoms with van der Waals surface area (Å²) in [5.74, 6) is 0.0886. The first-order chi connectivity index (χ1) is 14.6. The summed E-state index contributed by atoms with van der Waals surface area (Å²) >= 11 is 0. The van der Waals surface area contributed by atoms with Crippen molar-refractivity contribution in [2.45, 2.75) is 70.8 Å². The molecular weight excluding hydrogens is 374 g/mol. The van der Waals surface area contributed by atoms with Crippen molar-refractivity contribution in [1.82, 2.24) is 19.7 Å². The number of likely N-dealkylation sites (tertiary alicyclic amines) is 1. The number of piperidine rings is 1. The third kappa shape index (κ3) is 4.07. The minimum Gasteiger partial charge on any atom is -0.346 e. The van der Waals surface area contributed by atoms with E-state index in [4.69, 9.17) is 0 Å². The number of amides is 1. The normalized spacial score (nSPS) is 20.9. The molecule has 158 valence electrons. The number of nitrogens with one attached hydrogen (secondary N) is 1. The van der Waals surface area contributed by atoms with Crippen molar-refractivity contribution in [3.8, 4) is 6.07 Å². The van der Waals surface area contributed by atoms with E-state index >= 15 is 0 Å². The molecule has 1 unspecified atom stereocenters. The Morgan fingerprint density at radius 1 is 1.23 bits per heavy atom. The second kappa shape index (κ2) is 8.91. The number of aromatic nitrogens is 3. The van der Waals surface area contributed by atoms with E-state index in [-0.39, 0.29) is 17.4 Å². The minimum atomic E-state index is -0.163. The van der Waals surface area contributed by atoms with E-state index in [1.54, 1.807) is 12.3 Å². The Labute approximate surface area is 178 Å². The molecule has 1 amide bonds. The lowest BCUT2D eigenvalue weighted by atomic mass is 9.94. The predicted molar refractivity (Wildman–Crippen MR) is 117 cm³/mol. The molecule has 0 radical (unpaired) electrons. The average molecular weight is 406 g/mol. The molecule has 30 heavy (non-hydrogen) atoms. The number of nitrogens with zero attached hydrogens (tertiary/aromatic N) is 4. The standard InChI is InChI=1S/C24H31N5O/c1-17-13-20(18(2)29(17)22-8-4-3-5-9-22)14-21(15-25)24(30)28-12-6-7-19(16-28)23-10-11-26-27-23/h10-11,13-14,19,22H,3-9,12,16H2,1-2H3,(H,26,27)/b21-14-. The number of carbonyl (C=O) groups excluding carboxylic acids is 1. The summed E-state index contributed by atoms with van der Waals surface area (Å²) in [6, 6.07) is 6.81. The first kappa shape index (κ1) is 20.5. The lowest BCUT2D eigenvalue weighted by molar-refractivity contribution is -0.127. The van der Waals surface area contributed by atoms with Crippen molar-refractivity contribution >= 4 is 12.0 Å². The maximum absolute atomic E-state index is 13.2. The Kier molecular flexibility index (Phi) is 6.08. The molecule has 0 spiro atoms. The Morgan fingerprint density at radius 3 is 2.73 bits per heavy atom. The number of aromatic amines is 1. The zero-order chi connectivity index (χ0) is 21.1. The zero-order valence-electron chi connectivity index (χ0n) is 18.0. The SMILES string of the molecule is Cc1cc(/C=C(/C#N)C(=O)N2CCCC(c3ccn[nH]3)C2)c(C)n1C1CCCCC1. The van der Waals surface area contributed by atoms with Crippen molar-refractivity contribution in [2.75, 3.05) is 13.1 Å². The molecule has 2 fully saturated rings. The highest BCUT2D eigenvalue weighted by atomic mass is 16.2. The Bertz CT molecular complexity index is 957. The van der Waals surface area contributed by atoms with E-state index in [9.17, 15) is 10.1 Å². The van der Waals surface area contributed by atoms with Crippen LogP contribution in [0.15, 0.2) is 23.9 Å². The van der Waals surface area contributed by atoms with Crippen LogP contribution in [0.25, 0.3) is 6.08 Å². The fourth-order valence-electron chi connectivity index (χ4n) is 5.23. The quantitative estimate of drug-likeness (QED) is 0.594. The summed E-state index contributed by atoms with van der Waals surface area (Å²) in [5.41, 5.74) is 4.65. The maximum Gasteiger partial charge on any atom is 0.264 e. The number of nitriles is 1. The van der Waals surface area contributed by atoms with Crippen LogP contribution in [0.2, 0.25) is 0 Å². The summed E-state index contributed by atoms with van der Waals surface area (Å²) in [6.45, 7) is 5.57. The van der Waals surface area contributed by atoms with Crippen molar-refractivity contribution in [1.29, 1.82) is 5.26 Å². The van der Waals surface area contributed by atoms with Gasteiger partial charge < -0.3 is 9.47 Å². The van der Waals surface area contributed by atoms with Crippen LogP contribution in [0.3, 0.4) is 0 Å². The van der Waals surface area contributed by atoms with E-state index < -0.39 is 0 Å². The van der Waals surface area contributed by atoms with Gasteiger partial charge in [0.2, 0.25) is 0 Å². The van der Waals surface area contributed by atoms with Crippen molar-refractivity contribution < 1.29 is 4.79 Å². The third-order valence-corrected chi connectivity index (χ3v) is 6.78. The number of carbonyl (C=O) groups is 1. The Morgan fingerprint density at radius 2 is 2.03 bits per heavy atom. The second-order valence-electron chi connectivity index (χ2n) is 8.76. The van der Waals surface area contributed by atoms with Gasteiger partial charge in [0.1, 0.15) is 11.6 Å². The van der Waals surface area contributed by atoms with Gasteiger partial charge in [0, 0.05) is 48.3 Å². The van der Waals surface area contributed by atoms with E-state index in [2.05, 4.69) is 40.7 Å². The fourth-order valence-corrected chi connectivity index (χ4v) is 5.23. The lowest BCUT2D eigenvalue weighted by Gasteiger charge is -2.32. The smallest absolute Gasteiger partial charge is 0.264 e. The summed E-state index contributed by atoms with van der Waals surface area (Å²) in [4.78, 5) is 15.0. The molecule has 3 heterocycles. The molecule has 1 aliphatic carbocycles. The van der Waals surface area contributed by atoms with Crippen LogP contribution < -0.4 is 0 Å². The third-order valence-electron chi connectivity index (χ3n) is 6.78. The largest absolute Gasteiger partial charge is 0.346 e. The number of aryl methyl sites for hydroxylation is 1. The summed E-state index contributed by atoms with van der Waals surface area (Å²) < 4.78 is 2.42. The highest BCUT2D eigenvalue weighted by Crippen LogP contribution is 2.33. The maximum atomic E-state index is 13.2. The van der Waals surface area contributed by atoms with Gasteiger partial charge in [0.05, 0.1) is 0 Å². The molecule has 6 heteroatoms. The van der Waals surface area contributed by atoms with Crippen molar-refractivity contribution in [3.05, 3.63) is 46.5 Å². The Balaban J connectivity index is 1.55. The monoisotopic (exact) mass is 405 g/mol. The molecule has 0 aromatic carbocycles. The summed E-state index contributed by atoms with van der Waals surface area (Å²) in [5, 5.41) is 16.8. The van der Waals surface area contributed by atoms with Gasteiger partial charge in [-0.15, -0.1) is 0 Å². The first-order valence-corrected chi connectivity index (χ1v) is 11.2. The van der Waals surface area contributed by atoms with Gasteiger partial charge in [0.15, 0.2) is 0 Å². The van der Waals surface area contributed by atoms with Gasteiger partial charge in [-0.1, -0.05) is 19.3 Å². The van der Waals surface area contributed by atoms with Crippen molar-refractivity contribution in [3.63, 3.8) is 0 Å². The molecule has 1 N–H and O–H groups in total. The average Bonchev–Trinajstić information content (AvgIpc) is 3.40. The first-order valence-electron chi connectivity index (χ1n) is 11.2. The summed E-state index contributed by atoms with van der Waals surface area (Å²) in [7, 11) is 0. The highest BCUT2D eigenvalue weighted by Gasteiger charge is 2.28. The second-order valence-corrected chi connectivity index (χ2v) is 8.76. The molecule has 0 bridgehead atoms. The molecule has 1 atom stereocenters. The predicted octanol–water partition coefficient (Wildman–Crippen LogP) is 4.65. The van der Waals surface area contributed by atoms with E-state index in [1.807, 2.05) is 11.0 Å². The van der Waals surface area contributed by atoms with E-state index in [1.165, 1.54) is 37.8 Å². The van der Waals surface area contributed by atoms with Gasteiger partial charge in [-0.05, 0) is 63.3 Å². The van der Waals surface area contributed by atoms with Crippen LogP contribution in [-0.4, -0.2) is 38.7 Å². The van der Waals surface area contributed by atoms with Crippen LogP contribution in [0.4, 0.5) is 0 Å². The molecule has 2 aliphatic rings. The molecule has 2 aromatic rings. The number of rotatable bonds is 4. The molecule has 1 saturated carbocycles. The van der Waals surface area contributed by atoms with Gasteiger partial charge in [-0.3, -0.25) is 9.89 Å². The van der Waals surface area contributed by atoms with Gasteiger partial charge in [-0.2, -0.15) is 10.4 Å². The van der Waals surface area contributed by atoms with Crippen LogP contribution in [0.5, 0.6) is 0 Å². The Hall–Kier alpha value is -2.81. The van der Waals surface area contributed by atoms with Crippen molar-refractivity contribution in [2.24, 2.45) is 0 Å². The molecule has 6 nitrogen and oxygen atoms in total. The fraction of sp³-hybridized carbons (Fsp3) is 0.542. The van der Waals surface area contributed by atoms with E-state index in [0.717, 1.165) is 29.8 Å². The van der Waals surface area contributed by atoms with Crippen LogP contribution >= 0.6 is 0 Å². The molecule has 1 aliphatic heterocycles. The van der Waals surface area contributed by atoms with Crippen LogP contribution in [0, 0.1) is 25.2 Å². The number of hydrogen-bond donors (Lipinski definition) is 1. The highest BCUT2D eigenvalue weighted by molar-refractivity contribution is 6.01. The molecule has 1 saturated heterocycles. The van der Waals surface area contributed by atoms with Crippen LogP contribution in [0.1, 0.15) is 79.6 Å². The summed E-state index contributed by atoms with van der Waals surface area (Å²) in [6.07, 6.45) is 11.8. The minimum absolute atomic E-state index is 0.163. The zero-order valence-corrected chi connectivity index (χ0v) is 18.0. The topological polar surface area (TPSA) is 77.7 Å². The number of H-pyrrole nitrogens is 1. The number of hydrogen-bond acceptors (Lipinski definition) is 3. The van der Waals surface area contributed by atoms with Crippen LogP contribution in [-0.2, 0) is 4.79 Å².